The van der Waals surface area contributed by atoms with Gasteiger partial charge in [0.2, 0.25) is 5.69 Å². The Labute approximate surface area is 363 Å². The SMILES string of the molecule is [C-]#[N+]c1c(C#N)c(-n2c3ccc(-c4ccccc4)cc3c3cc(C(C)(C)C)ccc32)c2c(c1-n1c3ccc(-c4ccccc4)cc3c3cc(C(C)(C)C)ccc31)C(F)(F)CC2(F)F. The number of rotatable bonds is 4. The average molecular weight is 835 g/mol. The molecule has 0 radical (unpaired) electrons. The molecule has 0 aliphatic heterocycles. The normalized spacial score (nSPS) is 14.7. The summed E-state index contributed by atoms with van der Waals surface area (Å²) in [5, 5.41) is 14.1. The third kappa shape index (κ3) is 6.07. The predicted octanol–water partition coefficient (Wildman–Crippen LogP) is 15.8. The lowest BCUT2D eigenvalue weighted by atomic mass is 9.86. The first-order valence-electron chi connectivity index (χ1n) is 21.0. The van der Waals surface area contributed by atoms with E-state index in [4.69, 9.17) is 6.57 Å². The summed E-state index contributed by atoms with van der Waals surface area (Å²) in [6.45, 7) is 21.2. The van der Waals surface area contributed by atoms with E-state index in [0.717, 1.165) is 33.4 Å². The van der Waals surface area contributed by atoms with E-state index in [-0.39, 0.29) is 10.8 Å². The summed E-state index contributed by atoms with van der Waals surface area (Å²) < 4.78 is 71.6. The average Bonchev–Trinajstić information content (AvgIpc) is 3.82. The molecule has 0 spiro atoms. The molecule has 2 aromatic heterocycles. The van der Waals surface area contributed by atoms with Crippen molar-refractivity contribution in [3.63, 3.8) is 0 Å². The topological polar surface area (TPSA) is 38.0 Å². The minimum absolute atomic E-state index is 0.287. The van der Waals surface area contributed by atoms with Crippen molar-refractivity contribution in [3.8, 4) is 39.7 Å². The van der Waals surface area contributed by atoms with E-state index in [0.29, 0.717) is 43.6 Å². The molecule has 1 aliphatic carbocycles. The highest BCUT2D eigenvalue weighted by Crippen LogP contribution is 2.61. The van der Waals surface area contributed by atoms with Crippen molar-refractivity contribution in [2.45, 2.75) is 70.6 Å². The van der Waals surface area contributed by atoms with Gasteiger partial charge in [0.25, 0.3) is 11.8 Å². The first-order chi connectivity index (χ1) is 29.9. The Morgan fingerprint density at radius 2 is 0.905 bits per heavy atom. The number of nitriles is 1. The number of fused-ring (bicyclic) bond motifs is 7. The van der Waals surface area contributed by atoms with Crippen LogP contribution in [0.15, 0.2) is 133 Å². The molecule has 0 amide bonds. The van der Waals surface area contributed by atoms with Crippen LogP contribution in [-0.2, 0) is 22.7 Å². The molecule has 63 heavy (non-hydrogen) atoms. The lowest BCUT2D eigenvalue weighted by Crippen LogP contribution is -2.16. The minimum atomic E-state index is -4.09. The Morgan fingerprint density at radius 3 is 1.30 bits per heavy atom. The van der Waals surface area contributed by atoms with Crippen molar-refractivity contribution in [3.05, 3.63) is 173 Å². The zero-order valence-electron chi connectivity index (χ0n) is 35.7. The van der Waals surface area contributed by atoms with Crippen LogP contribution < -0.4 is 0 Å². The van der Waals surface area contributed by atoms with E-state index in [1.807, 2.05) is 121 Å². The number of benzene rings is 7. The van der Waals surface area contributed by atoms with Crippen LogP contribution >= 0.6 is 0 Å². The van der Waals surface area contributed by atoms with Crippen LogP contribution in [0.1, 0.15) is 75.8 Å². The van der Waals surface area contributed by atoms with Gasteiger partial charge in [0.1, 0.15) is 0 Å². The molecular weight excluding hydrogens is 793 g/mol. The molecule has 0 unspecified atom stereocenters. The number of alkyl halides is 4. The molecule has 0 saturated carbocycles. The number of halogens is 4. The Kier molecular flexibility index (Phi) is 8.67. The van der Waals surface area contributed by atoms with E-state index in [1.165, 1.54) is 9.13 Å². The molecule has 7 aromatic carbocycles. The number of aromatic nitrogens is 2. The largest absolute Gasteiger partial charge is 0.318 e. The van der Waals surface area contributed by atoms with Crippen LogP contribution in [0.5, 0.6) is 0 Å². The lowest BCUT2D eigenvalue weighted by molar-refractivity contribution is -0.0923. The van der Waals surface area contributed by atoms with E-state index >= 15 is 17.6 Å². The fourth-order valence-corrected chi connectivity index (χ4v) is 9.62. The van der Waals surface area contributed by atoms with E-state index in [1.54, 1.807) is 12.1 Å². The third-order valence-electron chi connectivity index (χ3n) is 12.7. The molecule has 8 heteroatoms. The van der Waals surface area contributed by atoms with E-state index in [2.05, 4.69) is 52.5 Å². The van der Waals surface area contributed by atoms with Crippen LogP contribution in [0, 0.1) is 17.9 Å². The van der Waals surface area contributed by atoms with Crippen molar-refractivity contribution >= 4 is 49.3 Å². The van der Waals surface area contributed by atoms with Gasteiger partial charge >= 0.3 is 0 Å². The van der Waals surface area contributed by atoms with Gasteiger partial charge in [-0.2, -0.15) is 5.26 Å². The first kappa shape index (κ1) is 39.9. The Morgan fingerprint density at radius 1 is 0.524 bits per heavy atom. The second-order valence-electron chi connectivity index (χ2n) is 18.8. The molecule has 10 rings (SSSR count). The zero-order chi connectivity index (χ0) is 44.4. The van der Waals surface area contributed by atoms with Gasteiger partial charge in [0, 0.05) is 27.1 Å². The second-order valence-corrected chi connectivity index (χ2v) is 18.8. The number of hydrogen-bond donors (Lipinski definition) is 0. The third-order valence-corrected chi connectivity index (χ3v) is 12.7. The zero-order valence-corrected chi connectivity index (χ0v) is 35.7. The fourth-order valence-electron chi connectivity index (χ4n) is 9.62. The standard InChI is InChI=1S/C55H42F4N4/c1-52(2,3)36-20-24-45-40(28-36)38-26-34(32-14-10-8-11-15-32)18-22-43(38)62(45)50-42(30-60)49(61-7)51(48-47(50)54(56,57)31-55(48,58)59)63-44-23-19-35(33-16-12-9-13-17-33)27-39(44)41-29-37(53(4,5)6)21-25-46(41)63/h8-29H,31H2,1-6H3. The molecular formula is C55H42F4N4. The molecule has 0 bridgehead atoms. The van der Waals surface area contributed by atoms with Crippen LogP contribution in [0.25, 0.3) is 82.1 Å². The lowest BCUT2D eigenvalue weighted by Gasteiger charge is -2.25. The first-order valence-corrected chi connectivity index (χ1v) is 21.0. The summed E-state index contributed by atoms with van der Waals surface area (Å²) in [7, 11) is 0. The Bertz CT molecular complexity index is 3230. The molecule has 0 N–H and O–H groups in total. The molecule has 2 heterocycles. The maximum atomic E-state index is 17.1. The van der Waals surface area contributed by atoms with Crippen LogP contribution in [0.2, 0.25) is 0 Å². The molecule has 0 fully saturated rings. The van der Waals surface area contributed by atoms with E-state index in [9.17, 15) is 5.26 Å². The summed E-state index contributed by atoms with van der Waals surface area (Å²) >= 11 is 0. The van der Waals surface area contributed by atoms with E-state index < -0.39 is 52.0 Å². The van der Waals surface area contributed by atoms with Gasteiger partial charge in [-0.1, -0.05) is 126 Å². The van der Waals surface area contributed by atoms with Gasteiger partial charge in [-0.25, -0.2) is 22.4 Å². The van der Waals surface area contributed by atoms with Crippen LogP contribution in [-0.4, -0.2) is 9.13 Å². The maximum absolute atomic E-state index is 17.1. The molecule has 0 saturated heterocycles. The fraction of sp³-hybridized carbons (Fsp3) is 0.200. The van der Waals surface area contributed by atoms with Crippen LogP contribution in [0.4, 0.5) is 23.2 Å². The summed E-state index contributed by atoms with van der Waals surface area (Å²) in [4.78, 5) is 3.87. The summed E-state index contributed by atoms with van der Waals surface area (Å²) in [5.41, 5.74) is 3.32. The van der Waals surface area contributed by atoms with Crippen molar-refractivity contribution in [1.82, 2.24) is 9.13 Å². The smallest absolute Gasteiger partial charge is 0.281 e. The second kappa shape index (κ2) is 13.7. The summed E-state index contributed by atoms with van der Waals surface area (Å²) in [5.74, 6) is -8.18. The molecule has 1 aliphatic rings. The van der Waals surface area contributed by atoms with Crippen molar-refractivity contribution in [2.24, 2.45) is 0 Å². The highest BCUT2D eigenvalue weighted by atomic mass is 19.3. The highest BCUT2D eigenvalue weighted by molar-refractivity contribution is 6.13. The highest BCUT2D eigenvalue weighted by Gasteiger charge is 2.60. The van der Waals surface area contributed by atoms with Gasteiger partial charge in [0.05, 0.1) is 63.6 Å². The van der Waals surface area contributed by atoms with Crippen LogP contribution in [0.3, 0.4) is 0 Å². The number of hydrogen-bond acceptors (Lipinski definition) is 1. The van der Waals surface area contributed by atoms with Gasteiger partial charge in [-0.3, -0.25) is 0 Å². The molecule has 4 nitrogen and oxygen atoms in total. The molecule has 9 aromatic rings. The van der Waals surface area contributed by atoms with Gasteiger partial charge < -0.3 is 9.13 Å². The quantitative estimate of drug-likeness (QED) is 0.129. The van der Waals surface area contributed by atoms with Gasteiger partial charge in [-0.05, 0) is 92.7 Å². The van der Waals surface area contributed by atoms with Crippen molar-refractivity contribution in [2.75, 3.05) is 0 Å². The van der Waals surface area contributed by atoms with Gasteiger partial charge in [0.15, 0.2) is 0 Å². The predicted molar refractivity (Wildman–Crippen MR) is 247 cm³/mol. The Balaban J connectivity index is 1.37. The summed E-state index contributed by atoms with van der Waals surface area (Å²) in [6, 6.07) is 44.4. The molecule has 310 valence electrons. The molecule has 0 atom stereocenters. The summed E-state index contributed by atoms with van der Waals surface area (Å²) in [6.07, 6.45) is -1.81. The van der Waals surface area contributed by atoms with Gasteiger partial charge in [-0.15, -0.1) is 0 Å². The monoisotopic (exact) mass is 834 g/mol. The van der Waals surface area contributed by atoms with Crippen molar-refractivity contribution in [1.29, 1.82) is 5.26 Å². The van der Waals surface area contributed by atoms with Crippen molar-refractivity contribution < 1.29 is 17.6 Å². The minimum Gasteiger partial charge on any atom is -0.318 e. The Hall–Kier alpha value is -7.16. The number of nitrogens with zero attached hydrogens (tertiary/aromatic N) is 4. The maximum Gasteiger partial charge on any atom is 0.281 e.